The van der Waals surface area contributed by atoms with Gasteiger partial charge in [-0.3, -0.25) is 9.78 Å². The van der Waals surface area contributed by atoms with Crippen molar-refractivity contribution in [1.82, 2.24) is 15.0 Å². The number of amides is 1. The first kappa shape index (κ1) is 15.8. The molecule has 3 aromatic rings. The van der Waals surface area contributed by atoms with Crippen LogP contribution in [0.1, 0.15) is 27.6 Å². The van der Waals surface area contributed by atoms with E-state index in [-0.39, 0.29) is 5.91 Å². The quantitative estimate of drug-likeness (QED) is 0.715. The lowest BCUT2D eigenvalue weighted by Gasteiger charge is -2.39. The molecule has 0 bridgehead atoms. The average molecular weight is 354 g/mol. The molecule has 0 N–H and O–H groups in total. The number of halogens is 1. The highest BCUT2D eigenvalue weighted by molar-refractivity contribution is 6.33. The van der Waals surface area contributed by atoms with Gasteiger partial charge in [0.15, 0.2) is 0 Å². The Kier molecular flexibility index (Phi) is 4.01. The van der Waals surface area contributed by atoms with Crippen LogP contribution in [0.3, 0.4) is 0 Å². The zero-order valence-corrected chi connectivity index (χ0v) is 14.4. The summed E-state index contributed by atoms with van der Waals surface area (Å²) < 4.78 is 5.29. The fraction of sp³-hybridized carbons (Fsp3) is 0.211. The summed E-state index contributed by atoms with van der Waals surface area (Å²) in [6.45, 7) is 3.10. The molecule has 0 aliphatic carbocycles. The van der Waals surface area contributed by atoms with Crippen molar-refractivity contribution in [3.8, 4) is 11.3 Å². The molecule has 126 valence electrons. The molecule has 0 spiro atoms. The van der Waals surface area contributed by atoms with E-state index in [0.717, 1.165) is 0 Å². The Bertz CT molecular complexity index is 917. The fourth-order valence-corrected chi connectivity index (χ4v) is 3.34. The highest BCUT2D eigenvalue weighted by Crippen LogP contribution is 2.34. The molecule has 0 atom stereocenters. The number of nitrogens with zero attached hydrogens (tertiary/aromatic N) is 3. The molecular formula is C19H16ClN3O2. The summed E-state index contributed by atoms with van der Waals surface area (Å²) in [5, 5.41) is 4.62. The van der Waals surface area contributed by atoms with Crippen LogP contribution < -0.4 is 0 Å². The van der Waals surface area contributed by atoms with Crippen LogP contribution in [0.5, 0.6) is 0 Å². The number of aromatic nitrogens is 2. The molecule has 1 aliphatic rings. The first-order chi connectivity index (χ1) is 12.1. The number of hydrogen-bond donors (Lipinski definition) is 0. The molecule has 0 radical (unpaired) electrons. The van der Waals surface area contributed by atoms with Crippen molar-refractivity contribution in [2.24, 2.45) is 0 Å². The van der Waals surface area contributed by atoms with E-state index in [9.17, 15) is 4.79 Å². The van der Waals surface area contributed by atoms with Crippen LogP contribution in [-0.4, -0.2) is 34.0 Å². The Hall–Kier alpha value is -2.66. The van der Waals surface area contributed by atoms with Crippen molar-refractivity contribution in [1.29, 1.82) is 0 Å². The van der Waals surface area contributed by atoms with Gasteiger partial charge in [0.25, 0.3) is 5.91 Å². The van der Waals surface area contributed by atoms with Crippen LogP contribution >= 0.6 is 11.6 Å². The lowest BCUT2D eigenvalue weighted by molar-refractivity contribution is 0.0601. The standard InChI is InChI=1S/C19H16ClN3O2/c1-12-17(18(22-25-12)15-4-2-3-5-16(15)20)19(24)23-10-14(11-23)13-6-8-21-9-7-13/h2-9,14H,10-11H2,1H3. The number of rotatable bonds is 3. The molecule has 1 aliphatic heterocycles. The Morgan fingerprint density at radius 3 is 2.64 bits per heavy atom. The van der Waals surface area contributed by atoms with Crippen LogP contribution in [0.4, 0.5) is 0 Å². The molecule has 1 aromatic carbocycles. The zero-order chi connectivity index (χ0) is 17.4. The second-order valence-corrected chi connectivity index (χ2v) is 6.54. The summed E-state index contributed by atoms with van der Waals surface area (Å²) in [6, 6.07) is 11.3. The van der Waals surface area contributed by atoms with Crippen molar-refractivity contribution in [3.63, 3.8) is 0 Å². The molecule has 25 heavy (non-hydrogen) atoms. The van der Waals surface area contributed by atoms with Gasteiger partial charge in [0, 0.05) is 37.0 Å². The van der Waals surface area contributed by atoms with Crippen molar-refractivity contribution < 1.29 is 9.32 Å². The summed E-state index contributed by atoms with van der Waals surface area (Å²) in [4.78, 5) is 18.8. The van der Waals surface area contributed by atoms with Crippen molar-refractivity contribution in [2.75, 3.05) is 13.1 Å². The smallest absolute Gasteiger partial charge is 0.259 e. The maximum absolute atomic E-state index is 13.0. The van der Waals surface area contributed by atoms with E-state index in [4.69, 9.17) is 16.1 Å². The first-order valence-corrected chi connectivity index (χ1v) is 8.43. The molecule has 0 saturated carbocycles. The normalized spacial score (nSPS) is 14.4. The van der Waals surface area contributed by atoms with Gasteiger partial charge >= 0.3 is 0 Å². The molecule has 1 amide bonds. The number of pyridine rings is 1. The maximum atomic E-state index is 13.0. The number of benzene rings is 1. The van der Waals surface area contributed by atoms with E-state index in [2.05, 4.69) is 10.1 Å². The lowest BCUT2D eigenvalue weighted by atomic mass is 9.91. The lowest BCUT2D eigenvalue weighted by Crippen LogP contribution is -2.48. The molecule has 1 fully saturated rings. The third-order valence-corrected chi connectivity index (χ3v) is 4.88. The largest absolute Gasteiger partial charge is 0.360 e. The summed E-state index contributed by atoms with van der Waals surface area (Å²) >= 11 is 6.26. The minimum absolute atomic E-state index is 0.0704. The van der Waals surface area contributed by atoms with E-state index in [1.807, 2.05) is 35.2 Å². The zero-order valence-electron chi connectivity index (χ0n) is 13.6. The first-order valence-electron chi connectivity index (χ1n) is 8.05. The van der Waals surface area contributed by atoms with Gasteiger partial charge in [-0.2, -0.15) is 0 Å². The number of carbonyl (C=O) groups excluding carboxylic acids is 1. The minimum Gasteiger partial charge on any atom is -0.360 e. The molecule has 0 unspecified atom stereocenters. The van der Waals surface area contributed by atoms with Gasteiger partial charge in [0.2, 0.25) is 0 Å². The average Bonchev–Trinajstić information content (AvgIpc) is 2.96. The molecule has 3 heterocycles. The SMILES string of the molecule is Cc1onc(-c2ccccc2Cl)c1C(=O)N1CC(c2ccncc2)C1. The Morgan fingerprint density at radius 1 is 1.20 bits per heavy atom. The summed E-state index contributed by atoms with van der Waals surface area (Å²) in [5.74, 6) is 0.780. The molecular weight excluding hydrogens is 338 g/mol. The van der Waals surface area contributed by atoms with E-state index in [1.165, 1.54) is 5.56 Å². The van der Waals surface area contributed by atoms with Gasteiger partial charge in [-0.15, -0.1) is 0 Å². The second-order valence-electron chi connectivity index (χ2n) is 6.13. The highest BCUT2D eigenvalue weighted by atomic mass is 35.5. The van der Waals surface area contributed by atoms with Gasteiger partial charge in [0.1, 0.15) is 17.0 Å². The van der Waals surface area contributed by atoms with Gasteiger partial charge in [0.05, 0.1) is 5.02 Å². The second kappa shape index (κ2) is 6.33. The van der Waals surface area contributed by atoms with E-state index in [1.54, 1.807) is 25.4 Å². The summed E-state index contributed by atoms with van der Waals surface area (Å²) in [6.07, 6.45) is 3.55. The Balaban J connectivity index is 1.58. The monoisotopic (exact) mass is 353 g/mol. The molecule has 2 aromatic heterocycles. The fourth-order valence-electron chi connectivity index (χ4n) is 3.11. The van der Waals surface area contributed by atoms with Crippen LogP contribution in [0.2, 0.25) is 5.02 Å². The topological polar surface area (TPSA) is 59.2 Å². The minimum atomic E-state index is -0.0704. The van der Waals surface area contributed by atoms with Crippen LogP contribution in [0.25, 0.3) is 11.3 Å². The number of likely N-dealkylation sites (tertiary alicyclic amines) is 1. The van der Waals surface area contributed by atoms with Crippen LogP contribution in [0, 0.1) is 6.92 Å². The predicted molar refractivity (Wildman–Crippen MR) is 94.6 cm³/mol. The van der Waals surface area contributed by atoms with Gasteiger partial charge in [-0.05, 0) is 30.7 Å². The predicted octanol–water partition coefficient (Wildman–Crippen LogP) is 3.94. The van der Waals surface area contributed by atoms with E-state index >= 15 is 0 Å². The van der Waals surface area contributed by atoms with Crippen LogP contribution in [0.15, 0.2) is 53.3 Å². The van der Waals surface area contributed by atoms with Gasteiger partial charge in [-0.25, -0.2) is 0 Å². The Morgan fingerprint density at radius 2 is 1.92 bits per heavy atom. The third-order valence-electron chi connectivity index (χ3n) is 4.55. The van der Waals surface area contributed by atoms with Crippen molar-refractivity contribution in [3.05, 3.63) is 70.7 Å². The number of aryl methyl sites for hydroxylation is 1. The number of carbonyl (C=O) groups is 1. The summed E-state index contributed by atoms with van der Waals surface area (Å²) in [5.41, 5.74) is 2.89. The molecule has 4 rings (SSSR count). The van der Waals surface area contributed by atoms with Crippen LogP contribution in [-0.2, 0) is 0 Å². The third kappa shape index (κ3) is 2.81. The summed E-state index contributed by atoms with van der Waals surface area (Å²) in [7, 11) is 0. The molecule has 1 saturated heterocycles. The maximum Gasteiger partial charge on any atom is 0.259 e. The van der Waals surface area contributed by atoms with Gasteiger partial charge in [-0.1, -0.05) is 35.0 Å². The Labute approximate surface area is 150 Å². The van der Waals surface area contributed by atoms with Gasteiger partial charge < -0.3 is 9.42 Å². The molecule has 5 nitrogen and oxygen atoms in total. The van der Waals surface area contributed by atoms with Crippen molar-refractivity contribution >= 4 is 17.5 Å². The molecule has 6 heteroatoms. The van der Waals surface area contributed by atoms with Crippen molar-refractivity contribution in [2.45, 2.75) is 12.8 Å². The number of hydrogen-bond acceptors (Lipinski definition) is 4. The highest BCUT2D eigenvalue weighted by Gasteiger charge is 2.35. The van der Waals surface area contributed by atoms with E-state index in [0.29, 0.717) is 46.6 Å². The van der Waals surface area contributed by atoms with E-state index < -0.39 is 0 Å².